The molecule has 4 nitrogen and oxygen atoms in total. The maximum Gasteiger partial charge on any atom is 0.313 e. The molecule has 2 fully saturated rings. The number of ether oxygens (including phenoxy) is 1. The van der Waals surface area contributed by atoms with Crippen molar-refractivity contribution in [3.05, 3.63) is 0 Å². The van der Waals surface area contributed by atoms with Gasteiger partial charge in [-0.1, -0.05) is 13.8 Å². The molecule has 4 heteroatoms. The van der Waals surface area contributed by atoms with E-state index in [9.17, 15) is 9.90 Å². The minimum absolute atomic E-state index is 0.379. The Kier molecular flexibility index (Phi) is 4.28. The lowest BCUT2D eigenvalue weighted by Gasteiger charge is -2.38. The SMILES string of the molecule is CC(C)CN(CC1(C(=O)O)CCCOC1)C1CC1. The van der Waals surface area contributed by atoms with Crippen molar-refractivity contribution in [1.82, 2.24) is 4.90 Å². The molecule has 18 heavy (non-hydrogen) atoms. The van der Waals surface area contributed by atoms with Crippen LogP contribution in [-0.2, 0) is 9.53 Å². The third kappa shape index (κ3) is 3.23. The zero-order chi connectivity index (χ0) is 13.2. The lowest BCUT2D eigenvalue weighted by atomic mass is 9.81. The highest BCUT2D eigenvalue weighted by atomic mass is 16.5. The van der Waals surface area contributed by atoms with Crippen LogP contribution in [0.25, 0.3) is 0 Å². The molecule has 1 unspecified atom stereocenters. The van der Waals surface area contributed by atoms with E-state index in [4.69, 9.17) is 4.74 Å². The summed E-state index contributed by atoms with van der Waals surface area (Å²) in [4.78, 5) is 14.0. The highest BCUT2D eigenvalue weighted by molar-refractivity contribution is 5.75. The molecule has 0 spiro atoms. The summed E-state index contributed by atoms with van der Waals surface area (Å²) in [5.41, 5.74) is -0.671. The van der Waals surface area contributed by atoms with E-state index in [0.717, 1.165) is 19.4 Å². The van der Waals surface area contributed by atoms with E-state index in [0.29, 0.717) is 31.7 Å². The van der Waals surface area contributed by atoms with E-state index in [1.165, 1.54) is 12.8 Å². The van der Waals surface area contributed by atoms with Crippen molar-refractivity contribution in [1.29, 1.82) is 0 Å². The van der Waals surface area contributed by atoms with Gasteiger partial charge in [-0.2, -0.15) is 0 Å². The predicted molar refractivity (Wildman–Crippen MR) is 69.6 cm³/mol. The highest BCUT2D eigenvalue weighted by Gasteiger charge is 2.44. The van der Waals surface area contributed by atoms with Gasteiger partial charge in [-0.15, -0.1) is 0 Å². The standard InChI is InChI=1S/C14H25NO3/c1-11(2)8-15(12-4-5-12)9-14(13(16)17)6-3-7-18-10-14/h11-12H,3-10H2,1-2H3,(H,16,17). The lowest BCUT2D eigenvalue weighted by Crippen LogP contribution is -2.49. The Labute approximate surface area is 109 Å². The Morgan fingerprint density at radius 2 is 2.22 bits per heavy atom. The normalized spacial score (nSPS) is 28.9. The van der Waals surface area contributed by atoms with Crippen molar-refractivity contribution in [2.24, 2.45) is 11.3 Å². The Morgan fingerprint density at radius 3 is 2.67 bits per heavy atom. The van der Waals surface area contributed by atoms with Gasteiger partial charge in [-0.05, 0) is 31.6 Å². The topological polar surface area (TPSA) is 49.8 Å². The summed E-state index contributed by atoms with van der Waals surface area (Å²) in [6, 6.07) is 0.616. The van der Waals surface area contributed by atoms with Gasteiger partial charge in [0.2, 0.25) is 0 Å². The first kappa shape index (κ1) is 13.8. The van der Waals surface area contributed by atoms with Crippen molar-refractivity contribution in [3.63, 3.8) is 0 Å². The largest absolute Gasteiger partial charge is 0.481 e. The van der Waals surface area contributed by atoms with Crippen LogP contribution in [0.15, 0.2) is 0 Å². The van der Waals surface area contributed by atoms with Crippen molar-refractivity contribution in [3.8, 4) is 0 Å². The number of rotatable bonds is 6. The Balaban J connectivity index is 2.03. The van der Waals surface area contributed by atoms with Crippen LogP contribution in [0.5, 0.6) is 0 Å². The van der Waals surface area contributed by atoms with Crippen molar-refractivity contribution in [2.45, 2.75) is 45.6 Å². The second-order valence-electron chi connectivity index (χ2n) is 6.30. The highest BCUT2D eigenvalue weighted by Crippen LogP contribution is 2.35. The number of hydrogen-bond acceptors (Lipinski definition) is 3. The number of carbonyl (C=O) groups is 1. The zero-order valence-corrected chi connectivity index (χ0v) is 11.5. The molecular weight excluding hydrogens is 230 g/mol. The number of nitrogens with zero attached hydrogens (tertiary/aromatic N) is 1. The molecule has 0 aromatic rings. The van der Waals surface area contributed by atoms with Crippen LogP contribution in [-0.4, -0.2) is 48.3 Å². The minimum atomic E-state index is -0.684. The third-order valence-electron chi connectivity index (χ3n) is 3.94. The van der Waals surface area contributed by atoms with Crippen LogP contribution in [0.3, 0.4) is 0 Å². The van der Waals surface area contributed by atoms with Gasteiger partial charge in [-0.3, -0.25) is 9.69 Å². The monoisotopic (exact) mass is 255 g/mol. The van der Waals surface area contributed by atoms with E-state index in [1.54, 1.807) is 0 Å². The fourth-order valence-electron chi connectivity index (χ4n) is 2.85. The van der Waals surface area contributed by atoms with E-state index in [2.05, 4.69) is 18.7 Å². The van der Waals surface area contributed by atoms with Gasteiger partial charge in [0.15, 0.2) is 0 Å². The van der Waals surface area contributed by atoms with Gasteiger partial charge in [0.25, 0.3) is 0 Å². The van der Waals surface area contributed by atoms with Gasteiger partial charge >= 0.3 is 5.97 Å². The van der Waals surface area contributed by atoms with E-state index >= 15 is 0 Å². The van der Waals surface area contributed by atoms with Gasteiger partial charge in [0, 0.05) is 25.7 Å². The van der Waals surface area contributed by atoms with Crippen LogP contribution >= 0.6 is 0 Å². The molecule has 1 saturated heterocycles. The van der Waals surface area contributed by atoms with Crippen molar-refractivity contribution < 1.29 is 14.6 Å². The summed E-state index contributed by atoms with van der Waals surface area (Å²) < 4.78 is 5.45. The summed E-state index contributed by atoms with van der Waals surface area (Å²) in [6.07, 6.45) is 4.07. The number of carboxylic acid groups (broad SMARTS) is 1. The Bertz CT molecular complexity index is 293. The zero-order valence-electron chi connectivity index (χ0n) is 11.5. The molecule has 1 aliphatic carbocycles. The second kappa shape index (κ2) is 5.57. The summed E-state index contributed by atoms with van der Waals surface area (Å²) in [5.74, 6) is -0.0995. The fourth-order valence-corrected chi connectivity index (χ4v) is 2.85. The molecule has 2 aliphatic rings. The molecule has 0 aromatic heterocycles. The van der Waals surface area contributed by atoms with Gasteiger partial charge in [0.05, 0.1) is 6.61 Å². The number of hydrogen-bond donors (Lipinski definition) is 1. The molecule has 104 valence electrons. The molecule has 0 bridgehead atoms. The van der Waals surface area contributed by atoms with E-state index < -0.39 is 11.4 Å². The summed E-state index contributed by atoms with van der Waals surface area (Å²) >= 11 is 0. The van der Waals surface area contributed by atoms with Crippen LogP contribution in [0.1, 0.15) is 39.5 Å². The summed E-state index contributed by atoms with van der Waals surface area (Å²) in [6.45, 7) is 7.14. The minimum Gasteiger partial charge on any atom is -0.481 e. The molecule has 1 heterocycles. The smallest absolute Gasteiger partial charge is 0.313 e. The first-order chi connectivity index (χ1) is 8.53. The molecule has 0 radical (unpaired) electrons. The Morgan fingerprint density at radius 1 is 1.50 bits per heavy atom. The van der Waals surface area contributed by atoms with Gasteiger partial charge in [0.1, 0.15) is 5.41 Å². The van der Waals surface area contributed by atoms with Crippen molar-refractivity contribution in [2.75, 3.05) is 26.3 Å². The second-order valence-corrected chi connectivity index (χ2v) is 6.30. The number of aliphatic carboxylic acids is 1. The first-order valence-electron chi connectivity index (χ1n) is 7.09. The molecule has 2 rings (SSSR count). The molecule has 0 amide bonds. The van der Waals surface area contributed by atoms with E-state index in [-0.39, 0.29) is 0 Å². The van der Waals surface area contributed by atoms with Crippen LogP contribution < -0.4 is 0 Å². The van der Waals surface area contributed by atoms with Crippen LogP contribution in [0, 0.1) is 11.3 Å². The maximum absolute atomic E-state index is 11.6. The first-order valence-corrected chi connectivity index (χ1v) is 7.09. The lowest BCUT2D eigenvalue weighted by molar-refractivity contribution is -0.159. The van der Waals surface area contributed by atoms with Crippen LogP contribution in [0.4, 0.5) is 0 Å². The predicted octanol–water partition coefficient (Wildman–Crippen LogP) is 1.99. The Hall–Kier alpha value is -0.610. The van der Waals surface area contributed by atoms with Gasteiger partial charge in [-0.25, -0.2) is 0 Å². The molecule has 1 N–H and O–H groups in total. The summed E-state index contributed by atoms with van der Waals surface area (Å²) in [7, 11) is 0. The quantitative estimate of drug-likeness (QED) is 0.788. The fraction of sp³-hybridized carbons (Fsp3) is 0.929. The average Bonchev–Trinajstić information content (AvgIpc) is 3.12. The van der Waals surface area contributed by atoms with Crippen LogP contribution in [0.2, 0.25) is 0 Å². The molecule has 1 atom stereocenters. The molecule has 1 aliphatic heterocycles. The molecule has 0 aromatic carbocycles. The van der Waals surface area contributed by atoms with Gasteiger partial charge < -0.3 is 9.84 Å². The third-order valence-corrected chi connectivity index (χ3v) is 3.94. The molecular formula is C14H25NO3. The molecule has 1 saturated carbocycles. The number of carboxylic acids is 1. The average molecular weight is 255 g/mol. The summed E-state index contributed by atoms with van der Waals surface area (Å²) in [5, 5.41) is 9.57. The van der Waals surface area contributed by atoms with E-state index in [1.807, 2.05) is 0 Å². The van der Waals surface area contributed by atoms with Crippen molar-refractivity contribution >= 4 is 5.97 Å². The maximum atomic E-state index is 11.6.